The van der Waals surface area contributed by atoms with Gasteiger partial charge in [0, 0.05) is 12.6 Å². The molecule has 25 heavy (non-hydrogen) atoms. The second kappa shape index (κ2) is 7.44. The van der Waals surface area contributed by atoms with Crippen molar-refractivity contribution in [3.05, 3.63) is 89.5 Å². The molecule has 0 unspecified atom stereocenters. The van der Waals surface area contributed by atoms with Crippen LogP contribution in [0.4, 0.5) is 4.39 Å². The van der Waals surface area contributed by atoms with Gasteiger partial charge in [0.2, 0.25) is 0 Å². The highest BCUT2D eigenvalue weighted by Gasteiger charge is 2.16. The van der Waals surface area contributed by atoms with Gasteiger partial charge in [-0.25, -0.2) is 9.07 Å². The molecule has 0 saturated heterocycles. The Hall–Kier alpha value is -3.41. The number of carbonyl (C=O) groups is 1. The second-order valence-electron chi connectivity index (χ2n) is 5.28. The molecule has 0 atom stereocenters. The summed E-state index contributed by atoms with van der Waals surface area (Å²) in [7, 11) is 1.72. The Kier molecular flexibility index (Phi) is 4.89. The van der Waals surface area contributed by atoms with Crippen LogP contribution in [0.3, 0.4) is 0 Å². The van der Waals surface area contributed by atoms with Crippen molar-refractivity contribution in [1.82, 2.24) is 20.2 Å². The van der Waals surface area contributed by atoms with Crippen LogP contribution in [-0.4, -0.2) is 26.5 Å². The highest BCUT2D eigenvalue weighted by Crippen LogP contribution is 2.32. The SMILES string of the molecule is Cn1nnnc1C(C=CC=O)=C(c1ccccc1)c1ccc(F)cc1. The van der Waals surface area contributed by atoms with Crippen LogP contribution in [0.1, 0.15) is 17.0 Å². The van der Waals surface area contributed by atoms with E-state index in [2.05, 4.69) is 15.5 Å². The first kappa shape index (κ1) is 16.4. The summed E-state index contributed by atoms with van der Waals surface area (Å²) in [4.78, 5) is 10.9. The first-order chi connectivity index (χ1) is 12.2. The molecule has 5 nitrogen and oxygen atoms in total. The minimum Gasteiger partial charge on any atom is -0.299 e. The van der Waals surface area contributed by atoms with Crippen LogP contribution in [0.25, 0.3) is 11.1 Å². The molecule has 0 fully saturated rings. The largest absolute Gasteiger partial charge is 0.299 e. The maximum atomic E-state index is 13.4. The number of hydrogen-bond acceptors (Lipinski definition) is 4. The number of allylic oxidation sites excluding steroid dienone is 3. The van der Waals surface area contributed by atoms with Crippen LogP contribution in [0.5, 0.6) is 0 Å². The molecule has 0 aliphatic heterocycles. The first-order valence-electron chi connectivity index (χ1n) is 7.61. The molecule has 1 heterocycles. The zero-order valence-electron chi connectivity index (χ0n) is 13.5. The van der Waals surface area contributed by atoms with Crippen LogP contribution in [0.15, 0.2) is 66.7 Å². The molecule has 3 aromatic rings. The molecule has 1 aromatic heterocycles. The van der Waals surface area contributed by atoms with Crippen LogP contribution in [-0.2, 0) is 11.8 Å². The highest BCUT2D eigenvalue weighted by atomic mass is 19.1. The summed E-state index contributed by atoms with van der Waals surface area (Å²) in [6, 6.07) is 15.8. The lowest BCUT2D eigenvalue weighted by atomic mass is 9.92. The Labute approximate surface area is 144 Å². The number of rotatable bonds is 5. The monoisotopic (exact) mass is 334 g/mol. The van der Waals surface area contributed by atoms with E-state index in [0.717, 1.165) is 16.7 Å². The Bertz CT molecular complexity index is 928. The smallest absolute Gasteiger partial charge is 0.182 e. The zero-order chi connectivity index (χ0) is 17.6. The Morgan fingerprint density at radius 3 is 2.32 bits per heavy atom. The molecule has 2 aromatic carbocycles. The third-order valence-corrected chi connectivity index (χ3v) is 3.67. The van der Waals surface area contributed by atoms with Crippen molar-refractivity contribution in [2.45, 2.75) is 0 Å². The van der Waals surface area contributed by atoms with E-state index in [4.69, 9.17) is 0 Å². The van der Waals surface area contributed by atoms with Crippen LogP contribution < -0.4 is 0 Å². The van der Waals surface area contributed by atoms with E-state index in [-0.39, 0.29) is 5.82 Å². The van der Waals surface area contributed by atoms with Crippen molar-refractivity contribution in [3.63, 3.8) is 0 Å². The molecule has 0 amide bonds. The molecule has 0 N–H and O–H groups in total. The molecule has 0 bridgehead atoms. The predicted octanol–water partition coefficient (Wildman–Crippen LogP) is 3.06. The fourth-order valence-corrected chi connectivity index (χ4v) is 2.56. The molecule has 6 heteroatoms. The van der Waals surface area contributed by atoms with E-state index in [1.165, 1.54) is 22.9 Å². The fraction of sp³-hybridized carbons (Fsp3) is 0.0526. The lowest BCUT2D eigenvalue weighted by molar-refractivity contribution is -0.104. The van der Waals surface area contributed by atoms with E-state index in [1.54, 1.807) is 25.3 Å². The summed E-state index contributed by atoms with van der Waals surface area (Å²) in [5.41, 5.74) is 3.16. The molecule has 0 aliphatic rings. The van der Waals surface area contributed by atoms with Gasteiger partial charge < -0.3 is 0 Å². The maximum Gasteiger partial charge on any atom is 0.182 e. The summed E-state index contributed by atoms with van der Waals surface area (Å²) in [6.45, 7) is 0. The van der Waals surface area contributed by atoms with Gasteiger partial charge in [-0.05, 0) is 51.4 Å². The minimum absolute atomic E-state index is 0.318. The van der Waals surface area contributed by atoms with Crippen molar-refractivity contribution in [2.24, 2.45) is 7.05 Å². The van der Waals surface area contributed by atoms with Crippen molar-refractivity contribution in [1.29, 1.82) is 0 Å². The Morgan fingerprint density at radius 2 is 1.72 bits per heavy atom. The average Bonchev–Trinajstić information content (AvgIpc) is 3.06. The average molecular weight is 334 g/mol. The van der Waals surface area contributed by atoms with Gasteiger partial charge >= 0.3 is 0 Å². The summed E-state index contributed by atoms with van der Waals surface area (Å²) in [5.74, 6) is 0.183. The van der Waals surface area contributed by atoms with Crippen molar-refractivity contribution >= 4 is 17.4 Å². The number of tetrazole rings is 1. The molecule has 0 aliphatic carbocycles. The molecule has 0 saturated carbocycles. The summed E-state index contributed by atoms with van der Waals surface area (Å²) in [6.07, 6.45) is 3.73. The van der Waals surface area contributed by atoms with Gasteiger partial charge in [-0.2, -0.15) is 0 Å². The predicted molar refractivity (Wildman–Crippen MR) is 92.8 cm³/mol. The van der Waals surface area contributed by atoms with Crippen molar-refractivity contribution in [3.8, 4) is 0 Å². The van der Waals surface area contributed by atoms with E-state index >= 15 is 0 Å². The minimum atomic E-state index is -0.318. The third kappa shape index (κ3) is 3.58. The third-order valence-electron chi connectivity index (χ3n) is 3.67. The standard InChI is InChI=1S/C19H15FN4O/c1-24-19(21-22-23-24)17(8-5-13-25)18(14-6-3-2-4-7-14)15-9-11-16(20)12-10-15/h2-13H,1H3. The molecule has 124 valence electrons. The number of benzene rings is 2. The molecular formula is C19H15FN4O. The van der Waals surface area contributed by atoms with Gasteiger partial charge in [-0.3, -0.25) is 4.79 Å². The number of nitrogens with zero attached hydrogens (tertiary/aromatic N) is 4. The lowest BCUT2D eigenvalue weighted by Gasteiger charge is -2.13. The molecule has 0 radical (unpaired) electrons. The van der Waals surface area contributed by atoms with Crippen molar-refractivity contribution in [2.75, 3.05) is 0 Å². The quantitative estimate of drug-likeness (QED) is 0.409. The summed E-state index contributed by atoms with van der Waals surface area (Å²) < 4.78 is 14.9. The number of hydrogen-bond donors (Lipinski definition) is 0. The van der Waals surface area contributed by atoms with Crippen LogP contribution >= 0.6 is 0 Å². The van der Waals surface area contributed by atoms with Crippen LogP contribution in [0, 0.1) is 5.82 Å². The van der Waals surface area contributed by atoms with E-state index in [9.17, 15) is 9.18 Å². The molecular weight excluding hydrogens is 319 g/mol. The van der Waals surface area contributed by atoms with E-state index < -0.39 is 0 Å². The first-order valence-corrected chi connectivity index (χ1v) is 7.61. The summed E-state index contributed by atoms with van der Waals surface area (Å²) in [5, 5.41) is 11.6. The van der Waals surface area contributed by atoms with E-state index in [0.29, 0.717) is 17.7 Å². The zero-order valence-corrected chi connectivity index (χ0v) is 13.5. The highest BCUT2D eigenvalue weighted by molar-refractivity contribution is 6.01. The summed E-state index contributed by atoms with van der Waals surface area (Å²) >= 11 is 0. The van der Waals surface area contributed by atoms with Crippen molar-refractivity contribution < 1.29 is 9.18 Å². The Morgan fingerprint density at radius 1 is 1.04 bits per heavy atom. The Balaban J connectivity index is 2.34. The van der Waals surface area contributed by atoms with Gasteiger partial charge in [0.25, 0.3) is 0 Å². The second-order valence-corrected chi connectivity index (χ2v) is 5.28. The number of aromatic nitrogens is 4. The molecule has 0 spiro atoms. The normalized spacial score (nSPS) is 12.2. The number of halogens is 1. The maximum absolute atomic E-state index is 13.4. The van der Waals surface area contributed by atoms with Gasteiger partial charge in [0.1, 0.15) is 12.1 Å². The fourth-order valence-electron chi connectivity index (χ4n) is 2.56. The van der Waals surface area contributed by atoms with Crippen LogP contribution in [0.2, 0.25) is 0 Å². The van der Waals surface area contributed by atoms with Gasteiger partial charge in [-0.15, -0.1) is 5.10 Å². The van der Waals surface area contributed by atoms with Gasteiger partial charge in [0.15, 0.2) is 5.82 Å². The number of aldehydes is 1. The van der Waals surface area contributed by atoms with Gasteiger partial charge in [0.05, 0.1) is 0 Å². The topological polar surface area (TPSA) is 60.7 Å². The van der Waals surface area contributed by atoms with E-state index in [1.807, 2.05) is 30.3 Å². The molecule has 3 rings (SSSR count). The number of carbonyl (C=O) groups excluding carboxylic acids is 1. The number of aryl methyl sites for hydroxylation is 1. The lowest BCUT2D eigenvalue weighted by Crippen LogP contribution is -2.02. The van der Waals surface area contributed by atoms with Gasteiger partial charge in [-0.1, -0.05) is 42.5 Å².